The maximum Gasteiger partial charge on any atom is 0.167 e. The Morgan fingerprint density at radius 3 is 2.33 bits per heavy atom. The minimum atomic E-state index is -1.97. The van der Waals surface area contributed by atoms with E-state index in [0.717, 1.165) is 0 Å². The normalized spacial score (nSPS) is 28.7. The molecule has 1 fully saturated rings. The molecule has 7 N–H and O–H groups in total. The number of hydrogen-bond donors (Lipinski definition) is 6. The van der Waals surface area contributed by atoms with Crippen molar-refractivity contribution >= 4 is 11.6 Å². The highest BCUT2D eigenvalue weighted by molar-refractivity contribution is 6.31. The lowest BCUT2D eigenvalue weighted by Gasteiger charge is -2.40. The minimum absolute atomic E-state index is 0.155. The summed E-state index contributed by atoms with van der Waals surface area (Å²) in [4.78, 5) is 0. The number of aliphatic hydroxyl groups excluding tert-OH is 4. The predicted molar refractivity (Wildman–Crippen MR) is 109 cm³/mol. The molecule has 1 aliphatic heterocycles. The first kappa shape index (κ1) is 22.9. The number of halogens is 1. The summed E-state index contributed by atoms with van der Waals surface area (Å²) < 4.78 is 11.0. The highest BCUT2D eigenvalue weighted by Gasteiger charge is 2.44. The van der Waals surface area contributed by atoms with Crippen LogP contribution in [0.15, 0.2) is 42.5 Å². The molecule has 3 rings (SSSR count). The van der Waals surface area contributed by atoms with Gasteiger partial charge in [-0.3, -0.25) is 5.73 Å². The van der Waals surface area contributed by atoms with E-state index < -0.39 is 42.9 Å². The summed E-state index contributed by atoms with van der Waals surface area (Å²) in [5, 5.41) is 51.1. The number of nitrogens with two attached hydrogens (primary N) is 1. The van der Waals surface area contributed by atoms with Crippen LogP contribution in [-0.2, 0) is 10.5 Å². The molecule has 0 bridgehead atoms. The molecule has 6 unspecified atom stereocenters. The number of ether oxygens (including phenoxy) is 2. The van der Waals surface area contributed by atoms with Crippen LogP contribution in [0.3, 0.4) is 0 Å². The van der Waals surface area contributed by atoms with Gasteiger partial charge in [0.15, 0.2) is 5.72 Å². The SMILES string of the molecule is CCOc1ccc(C(N)(O)c2cc(C3OC(CO)C(O)C(O)C3O)ccc2Cl)cc1. The van der Waals surface area contributed by atoms with Crippen LogP contribution in [0.5, 0.6) is 5.75 Å². The van der Waals surface area contributed by atoms with Gasteiger partial charge in [0, 0.05) is 16.1 Å². The summed E-state index contributed by atoms with van der Waals surface area (Å²) in [5.41, 5.74) is 5.13. The number of rotatable bonds is 6. The van der Waals surface area contributed by atoms with E-state index in [-0.39, 0.29) is 10.6 Å². The van der Waals surface area contributed by atoms with E-state index in [9.17, 15) is 25.5 Å². The molecule has 1 saturated heterocycles. The molecule has 1 aliphatic rings. The van der Waals surface area contributed by atoms with E-state index >= 15 is 0 Å². The fourth-order valence-corrected chi connectivity index (χ4v) is 3.78. The Hall–Kier alpha value is -1.75. The Bertz CT molecular complexity index is 859. The first-order valence-corrected chi connectivity index (χ1v) is 9.93. The van der Waals surface area contributed by atoms with Crippen LogP contribution < -0.4 is 10.5 Å². The first-order valence-electron chi connectivity index (χ1n) is 9.55. The Kier molecular flexibility index (Phi) is 7.01. The van der Waals surface area contributed by atoms with Crippen molar-refractivity contribution in [3.8, 4) is 5.75 Å². The third-order valence-electron chi connectivity index (χ3n) is 5.23. The lowest BCUT2D eigenvalue weighted by Crippen LogP contribution is -2.55. The van der Waals surface area contributed by atoms with Gasteiger partial charge in [0.25, 0.3) is 0 Å². The molecule has 2 aromatic carbocycles. The second kappa shape index (κ2) is 9.17. The van der Waals surface area contributed by atoms with Crippen LogP contribution in [0.1, 0.15) is 29.7 Å². The van der Waals surface area contributed by atoms with Crippen LogP contribution in [0.25, 0.3) is 0 Å². The second-order valence-corrected chi connectivity index (χ2v) is 7.62. The molecule has 0 saturated carbocycles. The van der Waals surface area contributed by atoms with Gasteiger partial charge >= 0.3 is 0 Å². The van der Waals surface area contributed by atoms with Gasteiger partial charge in [-0.05, 0) is 36.8 Å². The minimum Gasteiger partial charge on any atom is -0.494 e. The van der Waals surface area contributed by atoms with Crippen molar-refractivity contribution in [3.05, 3.63) is 64.2 Å². The summed E-state index contributed by atoms with van der Waals surface area (Å²) in [5.74, 6) is 0.623. The Labute approximate surface area is 179 Å². The molecule has 6 atom stereocenters. The van der Waals surface area contributed by atoms with Crippen molar-refractivity contribution < 1.29 is 35.0 Å². The molecule has 0 spiro atoms. The molecule has 0 amide bonds. The number of hydrogen-bond acceptors (Lipinski definition) is 8. The smallest absolute Gasteiger partial charge is 0.167 e. The van der Waals surface area contributed by atoms with Crippen LogP contribution >= 0.6 is 11.6 Å². The van der Waals surface area contributed by atoms with Crippen molar-refractivity contribution in [1.29, 1.82) is 0 Å². The van der Waals surface area contributed by atoms with Gasteiger partial charge in [-0.1, -0.05) is 29.8 Å². The summed E-state index contributed by atoms with van der Waals surface area (Å²) in [6, 6.07) is 11.1. The van der Waals surface area contributed by atoms with Gasteiger partial charge in [-0.15, -0.1) is 0 Å². The molecule has 9 heteroatoms. The molecular formula is C21H26ClNO7. The zero-order valence-corrected chi connectivity index (χ0v) is 17.1. The molecule has 8 nitrogen and oxygen atoms in total. The Morgan fingerprint density at radius 1 is 1.07 bits per heavy atom. The first-order chi connectivity index (χ1) is 14.2. The zero-order valence-electron chi connectivity index (χ0n) is 16.4. The molecule has 164 valence electrons. The van der Waals surface area contributed by atoms with Crippen molar-refractivity contribution in [1.82, 2.24) is 0 Å². The van der Waals surface area contributed by atoms with Gasteiger partial charge in [0.05, 0.1) is 13.2 Å². The summed E-state index contributed by atoms with van der Waals surface area (Å²) in [7, 11) is 0. The van der Waals surface area contributed by atoms with Gasteiger partial charge in [-0.25, -0.2) is 0 Å². The van der Waals surface area contributed by atoms with E-state index in [0.29, 0.717) is 23.5 Å². The molecule has 2 aromatic rings. The molecule has 1 heterocycles. The van der Waals surface area contributed by atoms with Crippen molar-refractivity contribution in [2.24, 2.45) is 5.73 Å². The van der Waals surface area contributed by atoms with E-state index in [2.05, 4.69) is 0 Å². The van der Waals surface area contributed by atoms with Crippen LogP contribution in [0, 0.1) is 0 Å². The maximum atomic E-state index is 11.1. The largest absolute Gasteiger partial charge is 0.494 e. The lowest BCUT2D eigenvalue weighted by molar-refractivity contribution is -0.231. The topological polar surface area (TPSA) is 146 Å². The maximum absolute atomic E-state index is 11.1. The highest BCUT2D eigenvalue weighted by atomic mass is 35.5. The highest BCUT2D eigenvalue weighted by Crippen LogP contribution is 2.37. The van der Waals surface area contributed by atoms with E-state index in [4.69, 9.17) is 26.8 Å². The van der Waals surface area contributed by atoms with Crippen molar-refractivity contribution in [2.75, 3.05) is 13.2 Å². The lowest BCUT2D eigenvalue weighted by atomic mass is 9.88. The summed E-state index contributed by atoms with van der Waals surface area (Å²) in [6.45, 7) is 1.81. The fraction of sp³-hybridized carbons (Fsp3) is 0.429. The van der Waals surface area contributed by atoms with E-state index in [1.54, 1.807) is 30.3 Å². The van der Waals surface area contributed by atoms with E-state index in [1.165, 1.54) is 12.1 Å². The third-order valence-corrected chi connectivity index (χ3v) is 5.56. The number of aliphatic hydroxyl groups is 5. The second-order valence-electron chi connectivity index (χ2n) is 7.21. The van der Waals surface area contributed by atoms with Crippen LogP contribution in [0.4, 0.5) is 0 Å². The predicted octanol–water partition coefficient (Wildman–Crippen LogP) is 0.406. The molecule has 0 radical (unpaired) electrons. The van der Waals surface area contributed by atoms with Gasteiger partial charge in [0.2, 0.25) is 0 Å². The standard InChI is InChI=1S/C21H26ClNO7/c1-2-29-13-6-4-12(5-7-13)21(23,28)14-9-11(3-8-15(14)22)20-19(27)18(26)17(25)16(10-24)30-20/h3-9,16-20,24-28H,2,10,23H2,1H3. The average Bonchev–Trinajstić information content (AvgIpc) is 2.73. The van der Waals surface area contributed by atoms with Crippen LogP contribution in [0.2, 0.25) is 5.02 Å². The summed E-state index contributed by atoms with van der Waals surface area (Å²) in [6.07, 6.45) is -6.59. The fourth-order valence-electron chi connectivity index (χ4n) is 3.52. The molecule has 30 heavy (non-hydrogen) atoms. The molecular weight excluding hydrogens is 414 g/mol. The van der Waals surface area contributed by atoms with Gasteiger partial charge in [-0.2, -0.15) is 0 Å². The molecule has 0 aliphatic carbocycles. The van der Waals surface area contributed by atoms with Crippen molar-refractivity contribution in [2.45, 2.75) is 43.2 Å². The average molecular weight is 440 g/mol. The quantitative estimate of drug-likeness (QED) is 0.355. The van der Waals surface area contributed by atoms with Crippen molar-refractivity contribution in [3.63, 3.8) is 0 Å². The monoisotopic (exact) mass is 439 g/mol. The van der Waals surface area contributed by atoms with Crippen LogP contribution in [-0.4, -0.2) is 63.2 Å². The third kappa shape index (κ3) is 4.32. The van der Waals surface area contributed by atoms with Gasteiger partial charge < -0.3 is 35.0 Å². The molecule has 0 aromatic heterocycles. The number of benzene rings is 2. The Morgan fingerprint density at radius 2 is 1.73 bits per heavy atom. The van der Waals surface area contributed by atoms with E-state index in [1.807, 2.05) is 6.92 Å². The summed E-state index contributed by atoms with van der Waals surface area (Å²) >= 11 is 6.30. The van der Waals surface area contributed by atoms with Gasteiger partial charge in [0.1, 0.15) is 36.3 Å². The zero-order chi connectivity index (χ0) is 22.1. The Balaban J connectivity index is 1.96.